The minimum Gasteiger partial charge on any atom is -0.480 e. The Kier molecular flexibility index (Phi) is 5.97. The Morgan fingerprint density at radius 2 is 1.94 bits per heavy atom. The van der Waals surface area contributed by atoms with Gasteiger partial charge >= 0.3 is 5.97 Å². The first-order valence-corrected chi connectivity index (χ1v) is 6.39. The van der Waals surface area contributed by atoms with Gasteiger partial charge in [-0.15, -0.1) is 0 Å². The third-order valence-corrected chi connectivity index (χ3v) is 3.20. The first-order valence-electron chi connectivity index (χ1n) is 6.39. The fourth-order valence-electron chi connectivity index (χ4n) is 2.24. The Bertz CT molecular complexity index is 268. The number of likely N-dealkylation sites (tertiary alicyclic amines) is 1. The van der Waals surface area contributed by atoms with Gasteiger partial charge in [0.1, 0.15) is 6.04 Å². The molecule has 5 heteroatoms. The third kappa shape index (κ3) is 4.34. The van der Waals surface area contributed by atoms with Gasteiger partial charge in [0.15, 0.2) is 0 Å². The molecule has 0 bridgehead atoms. The second-order valence-corrected chi connectivity index (χ2v) is 4.54. The number of hydrogen-bond acceptors (Lipinski definition) is 3. The number of carbonyl (C=O) groups excluding carboxylic acids is 1. The summed E-state index contributed by atoms with van der Waals surface area (Å²) >= 11 is 0. The second-order valence-electron chi connectivity index (χ2n) is 4.54. The molecule has 5 nitrogen and oxygen atoms in total. The Morgan fingerprint density at radius 3 is 2.59 bits per heavy atom. The SMILES string of the molecule is NCCCCCCC(=O)N1CCCC1C(=O)O. The van der Waals surface area contributed by atoms with E-state index < -0.39 is 12.0 Å². The fourth-order valence-corrected chi connectivity index (χ4v) is 2.24. The van der Waals surface area contributed by atoms with Crippen LogP contribution in [0.2, 0.25) is 0 Å². The van der Waals surface area contributed by atoms with Crippen molar-refractivity contribution in [3.63, 3.8) is 0 Å². The number of carboxylic acid groups (broad SMARTS) is 1. The molecule has 0 aromatic rings. The molecule has 1 saturated heterocycles. The second kappa shape index (κ2) is 7.27. The number of nitrogens with two attached hydrogens (primary N) is 1. The topological polar surface area (TPSA) is 83.6 Å². The van der Waals surface area contributed by atoms with Crippen molar-refractivity contribution >= 4 is 11.9 Å². The van der Waals surface area contributed by atoms with Crippen molar-refractivity contribution < 1.29 is 14.7 Å². The summed E-state index contributed by atoms with van der Waals surface area (Å²) in [5, 5.41) is 8.97. The molecule has 1 amide bonds. The molecule has 3 N–H and O–H groups in total. The van der Waals surface area contributed by atoms with Crippen LogP contribution in [0, 0.1) is 0 Å². The maximum absolute atomic E-state index is 11.8. The van der Waals surface area contributed by atoms with Crippen LogP contribution >= 0.6 is 0 Å². The number of aliphatic carboxylic acids is 1. The van der Waals surface area contributed by atoms with E-state index in [9.17, 15) is 9.59 Å². The molecular formula is C12H22N2O3. The van der Waals surface area contributed by atoms with E-state index in [1.165, 1.54) is 4.90 Å². The van der Waals surface area contributed by atoms with Crippen LogP contribution in [-0.4, -0.2) is 41.0 Å². The molecule has 17 heavy (non-hydrogen) atoms. The number of hydrogen-bond donors (Lipinski definition) is 2. The number of carbonyl (C=O) groups is 2. The minimum atomic E-state index is -0.876. The van der Waals surface area contributed by atoms with Crippen LogP contribution in [0.15, 0.2) is 0 Å². The summed E-state index contributed by atoms with van der Waals surface area (Å²) in [5.41, 5.74) is 5.38. The van der Waals surface area contributed by atoms with E-state index in [0.717, 1.165) is 32.1 Å². The predicted molar refractivity (Wildman–Crippen MR) is 64.5 cm³/mol. The molecule has 1 aliphatic heterocycles. The van der Waals surface area contributed by atoms with Gasteiger partial charge in [0, 0.05) is 13.0 Å². The average molecular weight is 242 g/mol. The smallest absolute Gasteiger partial charge is 0.326 e. The van der Waals surface area contributed by atoms with Crippen molar-refractivity contribution in [3.05, 3.63) is 0 Å². The fraction of sp³-hybridized carbons (Fsp3) is 0.833. The van der Waals surface area contributed by atoms with E-state index in [0.29, 0.717) is 25.9 Å². The summed E-state index contributed by atoms with van der Waals surface area (Å²) in [6.45, 7) is 1.29. The highest BCUT2D eigenvalue weighted by atomic mass is 16.4. The Hall–Kier alpha value is -1.10. The summed E-state index contributed by atoms with van der Waals surface area (Å²) in [6.07, 6.45) is 5.73. The summed E-state index contributed by atoms with van der Waals surface area (Å²) < 4.78 is 0. The lowest BCUT2D eigenvalue weighted by molar-refractivity contribution is -0.148. The monoisotopic (exact) mass is 242 g/mol. The van der Waals surface area contributed by atoms with Crippen molar-refractivity contribution in [2.45, 2.75) is 51.0 Å². The zero-order chi connectivity index (χ0) is 12.7. The molecule has 1 aliphatic rings. The quantitative estimate of drug-likeness (QED) is 0.652. The normalized spacial score (nSPS) is 19.6. The van der Waals surface area contributed by atoms with Gasteiger partial charge < -0.3 is 15.7 Å². The van der Waals surface area contributed by atoms with Crippen LogP contribution in [-0.2, 0) is 9.59 Å². The maximum atomic E-state index is 11.8. The molecule has 0 spiro atoms. The lowest BCUT2D eigenvalue weighted by Crippen LogP contribution is -2.40. The average Bonchev–Trinajstić information content (AvgIpc) is 2.77. The molecular weight excluding hydrogens is 220 g/mol. The van der Waals surface area contributed by atoms with Gasteiger partial charge in [-0.3, -0.25) is 4.79 Å². The third-order valence-electron chi connectivity index (χ3n) is 3.20. The van der Waals surface area contributed by atoms with Gasteiger partial charge in [-0.2, -0.15) is 0 Å². The van der Waals surface area contributed by atoms with Gasteiger partial charge in [0.05, 0.1) is 0 Å². The first kappa shape index (κ1) is 14.0. The van der Waals surface area contributed by atoms with Crippen molar-refractivity contribution in [2.24, 2.45) is 5.73 Å². The number of rotatable bonds is 7. The highest BCUT2D eigenvalue weighted by Gasteiger charge is 2.33. The highest BCUT2D eigenvalue weighted by Crippen LogP contribution is 2.19. The van der Waals surface area contributed by atoms with E-state index in [-0.39, 0.29) is 5.91 Å². The van der Waals surface area contributed by atoms with Gasteiger partial charge in [0.25, 0.3) is 0 Å². The van der Waals surface area contributed by atoms with E-state index in [1.807, 2.05) is 0 Å². The molecule has 1 rings (SSSR count). The zero-order valence-electron chi connectivity index (χ0n) is 10.2. The van der Waals surface area contributed by atoms with Crippen molar-refractivity contribution in [1.29, 1.82) is 0 Å². The van der Waals surface area contributed by atoms with Crippen LogP contribution in [0.3, 0.4) is 0 Å². The van der Waals surface area contributed by atoms with E-state index in [1.54, 1.807) is 0 Å². The lowest BCUT2D eigenvalue weighted by Gasteiger charge is -2.21. The number of carboxylic acids is 1. The molecule has 1 atom stereocenters. The molecule has 1 unspecified atom stereocenters. The maximum Gasteiger partial charge on any atom is 0.326 e. The van der Waals surface area contributed by atoms with E-state index in [2.05, 4.69) is 0 Å². The van der Waals surface area contributed by atoms with E-state index >= 15 is 0 Å². The Balaban J connectivity index is 2.25. The molecule has 0 aromatic carbocycles. The highest BCUT2D eigenvalue weighted by molar-refractivity contribution is 5.84. The van der Waals surface area contributed by atoms with Gasteiger partial charge in [-0.25, -0.2) is 4.79 Å². The standard InChI is InChI=1S/C12H22N2O3/c13-8-4-2-1-3-7-11(15)14-9-5-6-10(14)12(16)17/h10H,1-9,13H2,(H,16,17). The molecule has 0 aliphatic carbocycles. The molecule has 1 heterocycles. The molecule has 0 saturated carbocycles. The van der Waals surface area contributed by atoms with Gasteiger partial charge in [-0.05, 0) is 32.2 Å². The molecule has 98 valence electrons. The summed E-state index contributed by atoms with van der Waals surface area (Å²) in [4.78, 5) is 24.3. The Labute approximate surface area is 102 Å². The summed E-state index contributed by atoms with van der Waals surface area (Å²) in [5.74, 6) is -0.887. The van der Waals surface area contributed by atoms with Crippen molar-refractivity contribution in [1.82, 2.24) is 4.90 Å². The van der Waals surface area contributed by atoms with Crippen LogP contribution in [0.25, 0.3) is 0 Å². The molecule has 0 radical (unpaired) electrons. The summed E-state index contributed by atoms with van der Waals surface area (Å²) in [6, 6.07) is -0.591. The number of amides is 1. The van der Waals surface area contributed by atoms with Gasteiger partial charge in [-0.1, -0.05) is 12.8 Å². The van der Waals surface area contributed by atoms with Crippen LogP contribution in [0.5, 0.6) is 0 Å². The van der Waals surface area contributed by atoms with Crippen molar-refractivity contribution in [3.8, 4) is 0 Å². The number of nitrogens with zero attached hydrogens (tertiary/aromatic N) is 1. The summed E-state index contributed by atoms with van der Waals surface area (Å²) in [7, 11) is 0. The number of unbranched alkanes of at least 4 members (excludes halogenated alkanes) is 3. The van der Waals surface area contributed by atoms with E-state index in [4.69, 9.17) is 10.8 Å². The van der Waals surface area contributed by atoms with Crippen LogP contribution in [0.4, 0.5) is 0 Å². The largest absolute Gasteiger partial charge is 0.480 e. The predicted octanol–water partition coefficient (Wildman–Crippen LogP) is 0.971. The van der Waals surface area contributed by atoms with Crippen LogP contribution < -0.4 is 5.73 Å². The molecule has 1 fully saturated rings. The minimum absolute atomic E-state index is 0.0114. The first-order chi connectivity index (χ1) is 8.16. The Morgan fingerprint density at radius 1 is 1.24 bits per heavy atom. The van der Waals surface area contributed by atoms with Crippen LogP contribution in [0.1, 0.15) is 44.9 Å². The molecule has 0 aromatic heterocycles. The van der Waals surface area contributed by atoms with Crippen molar-refractivity contribution in [2.75, 3.05) is 13.1 Å². The van der Waals surface area contributed by atoms with Gasteiger partial charge in [0.2, 0.25) is 5.91 Å². The lowest BCUT2D eigenvalue weighted by atomic mass is 10.1. The zero-order valence-corrected chi connectivity index (χ0v) is 10.2.